The highest BCUT2D eigenvalue weighted by molar-refractivity contribution is 5.98. The van der Waals surface area contributed by atoms with Crippen molar-refractivity contribution in [3.63, 3.8) is 0 Å². The summed E-state index contributed by atoms with van der Waals surface area (Å²) in [6, 6.07) is 80.1. The van der Waals surface area contributed by atoms with E-state index in [-0.39, 0.29) is 79.7 Å². The van der Waals surface area contributed by atoms with Gasteiger partial charge in [-0.15, -0.1) is 0 Å². The van der Waals surface area contributed by atoms with Crippen LogP contribution in [0.5, 0.6) is 57.5 Å². The number of hydrogen-bond acceptors (Lipinski definition) is 14. The summed E-state index contributed by atoms with van der Waals surface area (Å²) >= 11 is 0. The highest BCUT2D eigenvalue weighted by atomic mass is 16.8. The largest absolute Gasteiger partial charge is 0.440 e. The van der Waals surface area contributed by atoms with E-state index < -0.39 is 41.2 Å². The number of hydrogen-bond donors (Lipinski definition) is 0. The van der Waals surface area contributed by atoms with Gasteiger partial charge in [0.05, 0.1) is 22.3 Å². The molecule has 0 aromatic heterocycles. The van der Waals surface area contributed by atoms with Crippen LogP contribution in [-0.4, -0.2) is 23.9 Å². The van der Waals surface area contributed by atoms with Gasteiger partial charge in [0.15, 0.2) is 34.5 Å². The van der Waals surface area contributed by atoms with Gasteiger partial charge in [0.1, 0.15) is 5.75 Å². The first-order chi connectivity index (χ1) is 42.6. The van der Waals surface area contributed by atoms with E-state index in [4.69, 9.17) is 47.4 Å². The Morgan fingerprint density at radius 3 is 0.747 bits per heavy atom. The smallest absolute Gasteiger partial charge is 0.343 e. The number of carbonyl (C=O) groups excluding carboxylic acids is 4. The second-order valence-electron chi connectivity index (χ2n) is 20.3. The molecule has 14 heteroatoms. The van der Waals surface area contributed by atoms with E-state index >= 15 is 9.59 Å². The van der Waals surface area contributed by atoms with Gasteiger partial charge in [-0.25, -0.2) is 19.2 Å². The zero-order valence-electron chi connectivity index (χ0n) is 45.8. The molecule has 11 aromatic rings. The zero-order chi connectivity index (χ0) is 59.0. The third kappa shape index (κ3) is 9.82. The van der Waals surface area contributed by atoms with Crippen molar-refractivity contribution in [3.05, 3.63) is 335 Å². The minimum atomic E-state index is -1.69. The third-order valence-corrected chi connectivity index (χ3v) is 14.8. The van der Waals surface area contributed by atoms with E-state index in [2.05, 4.69) is 0 Å². The summed E-state index contributed by atoms with van der Waals surface area (Å²) < 4.78 is 65.7. The monoisotopic (exact) mass is 1150 g/mol. The van der Waals surface area contributed by atoms with Crippen LogP contribution in [0.25, 0.3) is 0 Å². The first-order valence-corrected chi connectivity index (χ1v) is 27.6. The summed E-state index contributed by atoms with van der Waals surface area (Å²) in [5.74, 6) is -8.81. The van der Waals surface area contributed by atoms with Crippen molar-refractivity contribution < 1.29 is 66.5 Å². The van der Waals surface area contributed by atoms with Crippen LogP contribution in [0.4, 0.5) is 0 Å². The fourth-order valence-electron chi connectivity index (χ4n) is 10.7. The quantitative estimate of drug-likeness (QED) is 0.0747. The number of carbonyl (C=O) groups is 4. The summed E-state index contributed by atoms with van der Waals surface area (Å²) in [4.78, 5) is 58.5. The maximum Gasteiger partial charge on any atom is 0.343 e. The van der Waals surface area contributed by atoms with Crippen LogP contribution in [0.1, 0.15) is 74.8 Å². The molecule has 0 aliphatic carbocycles. The van der Waals surface area contributed by atoms with Crippen LogP contribution in [-0.2, 0) is 17.4 Å². The molecule has 0 spiro atoms. The summed E-state index contributed by atoms with van der Waals surface area (Å²) in [6.45, 7) is 0. The molecule has 0 bridgehead atoms. The van der Waals surface area contributed by atoms with Crippen molar-refractivity contribution in [2.75, 3.05) is 0 Å². The van der Waals surface area contributed by atoms with Crippen molar-refractivity contribution in [2.45, 2.75) is 17.4 Å². The molecule has 0 radical (unpaired) electrons. The molecular formula is C73H46O14. The van der Waals surface area contributed by atoms with E-state index in [1.54, 1.807) is 60.7 Å². The lowest BCUT2D eigenvalue weighted by atomic mass is 9.97. The number of fused-ring (bicyclic) bond motifs is 3. The fraction of sp³-hybridized carbons (Fsp3) is 0.0411. The fourth-order valence-corrected chi connectivity index (χ4v) is 10.7. The van der Waals surface area contributed by atoms with Crippen LogP contribution < -0.4 is 47.4 Å². The number of para-hydroxylation sites is 1. The molecule has 87 heavy (non-hydrogen) atoms. The van der Waals surface area contributed by atoms with E-state index in [0.29, 0.717) is 33.4 Å². The molecule has 0 saturated carbocycles. The molecule has 14 nitrogen and oxygen atoms in total. The number of rotatable bonds is 14. The maximum absolute atomic E-state index is 15.2. The molecule has 0 saturated heterocycles. The Morgan fingerprint density at radius 1 is 0.241 bits per heavy atom. The zero-order valence-corrected chi connectivity index (χ0v) is 45.8. The Kier molecular flexibility index (Phi) is 13.4. The minimum Gasteiger partial charge on any atom is -0.440 e. The molecule has 422 valence electrons. The maximum atomic E-state index is 15.2. The average molecular weight is 1150 g/mol. The summed E-state index contributed by atoms with van der Waals surface area (Å²) in [5.41, 5.74) is 3.33. The van der Waals surface area contributed by atoms with Gasteiger partial charge < -0.3 is 47.4 Å². The molecule has 3 aliphatic heterocycles. The second kappa shape index (κ2) is 22.0. The highest BCUT2D eigenvalue weighted by Crippen LogP contribution is 2.57. The van der Waals surface area contributed by atoms with Crippen LogP contribution >= 0.6 is 0 Å². The predicted molar refractivity (Wildman–Crippen MR) is 317 cm³/mol. The summed E-state index contributed by atoms with van der Waals surface area (Å²) in [6.07, 6.45) is 0. The van der Waals surface area contributed by atoms with Gasteiger partial charge >= 0.3 is 41.2 Å². The van der Waals surface area contributed by atoms with E-state index in [1.165, 1.54) is 36.4 Å². The summed E-state index contributed by atoms with van der Waals surface area (Å²) in [7, 11) is 0. The molecule has 3 aliphatic rings. The Labute approximate surface area is 497 Å². The number of ether oxygens (including phenoxy) is 10. The third-order valence-electron chi connectivity index (χ3n) is 14.8. The predicted octanol–water partition coefficient (Wildman–Crippen LogP) is 14.6. The van der Waals surface area contributed by atoms with Crippen LogP contribution in [0.15, 0.2) is 279 Å². The molecule has 0 amide bonds. The molecule has 0 unspecified atom stereocenters. The van der Waals surface area contributed by atoms with Crippen LogP contribution in [0, 0.1) is 0 Å². The van der Waals surface area contributed by atoms with Crippen molar-refractivity contribution in [1.82, 2.24) is 0 Å². The number of benzene rings is 11. The minimum absolute atomic E-state index is 0.0120. The van der Waals surface area contributed by atoms with Crippen LogP contribution in [0.2, 0.25) is 0 Å². The normalized spacial score (nSPS) is 14.1. The van der Waals surface area contributed by atoms with Crippen molar-refractivity contribution in [1.29, 1.82) is 0 Å². The van der Waals surface area contributed by atoms with E-state index in [9.17, 15) is 9.59 Å². The van der Waals surface area contributed by atoms with Crippen molar-refractivity contribution in [2.24, 2.45) is 0 Å². The second-order valence-corrected chi connectivity index (χ2v) is 20.3. The standard InChI is InChI=1S/C73H46O14/c74-67(47-25-9-1-10-26-47)79-58-42-49(45-62-64(58)85-72(83-62,53-31-15-4-16-32-53)54-33-17-5-18-34-54)69(76)81-60-43-50(46-63-66(60)87-73(84-63,55-35-19-6-20-36-55)56-37-21-7-22-38-56)70(77)80-59-41-48(68(75)78-57-39-23-8-24-40-57)44-61-65(59)86-71(82-61,51-27-11-2-12-28-51)52-29-13-3-14-30-52/h1-46H. The van der Waals surface area contributed by atoms with E-state index in [0.717, 1.165) is 0 Å². The average Bonchev–Trinajstić information content (AvgIpc) is 2.45. The number of esters is 4. The highest BCUT2D eigenvalue weighted by Gasteiger charge is 2.51. The first-order valence-electron chi connectivity index (χ1n) is 27.6. The lowest BCUT2D eigenvalue weighted by Crippen LogP contribution is -2.36. The van der Waals surface area contributed by atoms with Gasteiger partial charge in [-0.2, -0.15) is 0 Å². The Bertz CT molecular complexity index is 4280. The Hall–Kier alpha value is -11.9. The van der Waals surface area contributed by atoms with Gasteiger partial charge in [0.2, 0.25) is 17.2 Å². The van der Waals surface area contributed by atoms with Gasteiger partial charge in [0, 0.05) is 33.4 Å². The Balaban J connectivity index is 0.881. The lowest BCUT2D eigenvalue weighted by molar-refractivity contribution is -0.0469. The van der Waals surface area contributed by atoms with Gasteiger partial charge in [-0.1, -0.05) is 218 Å². The molecule has 3 heterocycles. The topological polar surface area (TPSA) is 161 Å². The molecule has 0 fully saturated rings. The molecule has 0 N–H and O–H groups in total. The molecule has 11 aromatic carbocycles. The Morgan fingerprint density at radius 2 is 0.471 bits per heavy atom. The van der Waals surface area contributed by atoms with Crippen molar-refractivity contribution >= 4 is 23.9 Å². The molecular weight excluding hydrogens is 1100 g/mol. The molecule has 0 atom stereocenters. The van der Waals surface area contributed by atoms with Gasteiger partial charge in [-0.3, -0.25) is 0 Å². The molecule has 14 rings (SSSR count). The van der Waals surface area contributed by atoms with Gasteiger partial charge in [-0.05, 0) is 60.7 Å². The van der Waals surface area contributed by atoms with Gasteiger partial charge in [0.25, 0.3) is 0 Å². The summed E-state index contributed by atoms with van der Waals surface area (Å²) in [5, 5.41) is 0. The lowest BCUT2D eigenvalue weighted by Gasteiger charge is -2.28. The SMILES string of the molecule is O=C(Oc1ccccc1)c1cc(OC(=O)c2cc(OC(=O)c3cc(OC(=O)c4ccccc4)c4c(c3)OC(c3ccccc3)(c3ccccc3)O4)c3c(c2)OC(c2ccccc2)(c2ccccc2)O3)c2c(c1)OC(c1ccccc1)(c1ccccc1)O2. The first kappa shape index (κ1) is 53.1. The van der Waals surface area contributed by atoms with Crippen molar-refractivity contribution in [3.8, 4) is 57.5 Å². The van der Waals surface area contributed by atoms with E-state index in [1.807, 2.05) is 182 Å². The van der Waals surface area contributed by atoms with Crippen LogP contribution in [0.3, 0.4) is 0 Å².